The van der Waals surface area contributed by atoms with Gasteiger partial charge in [0.1, 0.15) is 0 Å². The van der Waals surface area contributed by atoms with Crippen LogP contribution in [0.25, 0.3) is 0 Å². The smallest absolute Gasteiger partial charge is 0.285 e. The summed E-state index contributed by atoms with van der Waals surface area (Å²) in [5.74, 6) is 0. The van der Waals surface area contributed by atoms with Crippen molar-refractivity contribution < 1.29 is 9.09 Å². The van der Waals surface area contributed by atoms with Gasteiger partial charge >= 0.3 is 0 Å². The molecule has 1 unspecified atom stereocenters. The first kappa shape index (κ1) is 14.5. The minimum absolute atomic E-state index is 0.474. The van der Waals surface area contributed by atoms with Gasteiger partial charge in [-0.25, -0.2) is 0 Å². The summed E-state index contributed by atoms with van der Waals surface area (Å²) in [7, 11) is -4.51. The Labute approximate surface area is 105 Å². The maximum absolute atomic E-state index is 12.7. The summed E-state index contributed by atoms with van der Waals surface area (Å²) in [6, 6.07) is 9.89. The second-order valence-corrected chi connectivity index (χ2v) is 12.5. The first-order chi connectivity index (χ1) is 7.79. The third kappa shape index (κ3) is 3.70. The number of hydrogen-bond donors (Lipinski definition) is 0. The van der Waals surface area contributed by atoms with Crippen LogP contribution in [0.2, 0.25) is 19.6 Å². The van der Waals surface area contributed by atoms with E-state index in [-0.39, 0.29) is 0 Å². The average Bonchev–Trinajstić information content (AvgIpc) is 2.16. The highest BCUT2D eigenvalue weighted by Crippen LogP contribution is 2.52. The van der Waals surface area contributed by atoms with Crippen molar-refractivity contribution in [2.45, 2.75) is 26.6 Å². The first-order valence-corrected chi connectivity index (χ1v) is 11.3. The fourth-order valence-corrected chi connectivity index (χ4v) is 8.61. The van der Waals surface area contributed by atoms with Crippen LogP contribution in [-0.4, -0.2) is 21.5 Å². The Morgan fingerprint density at radius 1 is 1.24 bits per heavy atom. The Hall–Kier alpha value is -0.573. The van der Waals surface area contributed by atoms with Gasteiger partial charge in [0.2, 0.25) is 0 Å². The molecular weight excluding hydrogens is 249 g/mol. The van der Waals surface area contributed by atoms with Gasteiger partial charge in [-0.2, -0.15) is 0 Å². The van der Waals surface area contributed by atoms with Crippen molar-refractivity contribution in [1.29, 1.82) is 0 Å². The summed E-state index contributed by atoms with van der Waals surface area (Å²) in [6.45, 7) is 10.6. The molecule has 0 aliphatic rings. The Morgan fingerprint density at radius 3 is 2.18 bits per heavy atom. The zero-order valence-electron chi connectivity index (χ0n) is 11.3. The molecule has 0 aromatic heterocycles. The van der Waals surface area contributed by atoms with E-state index in [1.165, 1.54) is 0 Å². The monoisotopic (exact) mass is 271 g/mol. The van der Waals surface area contributed by atoms with Crippen LogP contribution in [-0.2, 0) is 9.09 Å². The minimum Gasteiger partial charge on any atom is -0.331 e. The summed E-state index contributed by atoms with van der Waals surface area (Å²) in [5.41, 5.74) is 0.992. The highest BCUT2D eigenvalue weighted by atomic mass is 31.2. The number of nitrogens with zero attached hydrogens (tertiary/aromatic N) is 1. The van der Waals surface area contributed by atoms with Crippen molar-refractivity contribution in [1.82, 2.24) is 0 Å². The SMILES string of the molecule is CCOP(C)(=O)N(c1ccccc1)[Si](C)(C)C. The number of rotatable bonds is 5. The van der Waals surface area contributed by atoms with Crippen molar-refractivity contribution in [3.8, 4) is 0 Å². The van der Waals surface area contributed by atoms with E-state index in [2.05, 4.69) is 19.6 Å². The predicted molar refractivity (Wildman–Crippen MR) is 77.4 cm³/mol. The summed E-state index contributed by atoms with van der Waals surface area (Å²) >= 11 is 0. The van der Waals surface area contributed by atoms with Crippen molar-refractivity contribution in [2.24, 2.45) is 0 Å². The molecule has 0 fully saturated rings. The molecule has 17 heavy (non-hydrogen) atoms. The highest BCUT2D eigenvalue weighted by molar-refractivity contribution is 7.63. The van der Waals surface area contributed by atoms with Crippen LogP contribution < -0.4 is 4.34 Å². The normalized spacial score (nSPS) is 15.4. The Bertz CT molecular complexity index is 403. The molecule has 1 aromatic carbocycles. The van der Waals surface area contributed by atoms with E-state index in [9.17, 15) is 4.57 Å². The molecule has 5 heteroatoms. The largest absolute Gasteiger partial charge is 0.331 e. The van der Waals surface area contributed by atoms with Gasteiger partial charge in [0, 0.05) is 12.4 Å². The van der Waals surface area contributed by atoms with Gasteiger partial charge in [-0.1, -0.05) is 37.8 Å². The molecule has 3 nitrogen and oxygen atoms in total. The van der Waals surface area contributed by atoms with Gasteiger partial charge in [-0.3, -0.25) is 4.57 Å². The van der Waals surface area contributed by atoms with E-state index >= 15 is 0 Å². The Kier molecular flexibility index (Phi) is 4.59. The predicted octanol–water partition coefficient (Wildman–Crippen LogP) is 4.19. The van der Waals surface area contributed by atoms with Crippen LogP contribution >= 0.6 is 7.52 Å². The molecule has 1 rings (SSSR count). The quantitative estimate of drug-likeness (QED) is 0.594. The van der Waals surface area contributed by atoms with Gasteiger partial charge in [0.15, 0.2) is 8.24 Å². The molecule has 1 aromatic rings. The van der Waals surface area contributed by atoms with Crippen LogP contribution in [0, 0.1) is 0 Å². The molecule has 1 atom stereocenters. The van der Waals surface area contributed by atoms with Crippen molar-refractivity contribution in [3.63, 3.8) is 0 Å². The minimum atomic E-state index is -2.75. The third-order valence-corrected chi connectivity index (χ3v) is 8.48. The zero-order valence-corrected chi connectivity index (χ0v) is 13.2. The summed E-state index contributed by atoms with van der Waals surface area (Å²) in [5, 5.41) is 0. The van der Waals surface area contributed by atoms with Crippen LogP contribution in [0.15, 0.2) is 30.3 Å². The van der Waals surface area contributed by atoms with Gasteiger partial charge in [0.05, 0.1) is 6.61 Å². The lowest BCUT2D eigenvalue weighted by molar-refractivity contribution is 0.338. The Morgan fingerprint density at radius 2 is 1.76 bits per heavy atom. The fraction of sp³-hybridized carbons (Fsp3) is 0.500. The fourth-order valence-electron chi connectivity index (χ4n) is 2.01. The molecule has 96 valence electrons. The van der Waals surface area contributed by atoms with E-state index in [1.54, 1.807) is 6.66 Å². The number of benzene rings is 1. The van der Waals surface area contributed by atoms with Gasteiger partial charge in [-0.15, -0.1) is 0 Å². The molecule has 0 spiro atoms. The van der Waals surface area contributed by atoms with E-state index < -0.39 is 15.8 Å². The van der Waals surface area contributed by atoms with Crippen LogP contribution in [0.4, 0.5) is 5.69 Å². The lowest BCUT2D eigenvalue weighted by atomic mass is 10.3. The molecule has 0 bridgehead atoms. The molecular formula is C12H22NO2PSi. The van der Waals surface area contributed by atoms with Crippen molar-refractivity contribution in [2.75, 3.05) is 17.6 Å². The topological polar surface area (TPSA) is 29.5 Å². The number of hydrogen-bond acceptors (Lipinski definition) is 2. The third-order valence-electron chi connectivity index (χ3n) is 2.37. The summed E-state index contributed by atoms with van der Waals surface area (Å²) in [4.78, 5) is 0. The molecule has 0 radical (unpaired) electrons. The molecule has 0 amide bonds. The zero-order chi connectivity index (χ0) is 13.1. The number of anilines is 1. The standard InChI is InChI=1S/C12H22NO2PSi/c1-6-15-16(2,14)13(17(3,4)5)12-10-8-7-9-11-12/h7-11H,6H2,1-5H3. The molecule has 0 N–H and O–H groups in total. The van der Waals surface area contributed by atoms with E-state index in [4.69, 9.17) is 4.52 Å². The van der Waals surface area contributed by atoms with E-state index in [0.717, 1.165) is 5.69 Å². The average molecular weight is 271 g/mol. The lowest BCUT2D eigenvalue weighted by Gasteiger charge is -2.39. The molecule has 0 saturated carbocycles. The van der Waals surface area contributed by atoms with Gasteiger partial charge in [0.25, 0.3) is 7.52 Å². The molecule has 0 aliphatic heterocycles. The molecule has 0 heterocycles. The van der Waals surface area contributed by atoms with Crippen LogP contribution in [0.5, 0.6) is 0 Å². The summed E-state index contributed by atoms with van der Waals surface area (Å²) in [6.07, 6.45) is 0. The van der Waals surface area contributed by atoms with Gasteiger partial charge < -0.3 is 8.86 Å². The molecule has 0 saturated heterocycles. The summed E-state index contributed by atoms with van der Waals surface area (Å²) < 4.78 is 20.2. The van der Waals surface area contributed by atoms with Crippen LogP contribution in [0.3, 0.4) is 0 Å². The number of para-hydroxylation sites is 1. The highest BCUT2D eigenvalue weighted by Gasteiger charge is 2.36. The maximum Gasteiger partial charge on any atom is 0.285 e. The maximum atomic E-state index is 12.7. The Balaban J connectivity index is 3.19. The van der Waals surface area contributed by atoms with Gasteiger partial charge in [-0.05, 0) is 19.1 Å². The van der Waals surface area contributed by atoms with Crippen molar-refractivity contribution >= 4 is 21.4 Å². The van der Waals surface area contributed by atoms with Crippen molar-refractivity contribution in [3.05, 3.63) is 30.3 Å². The molecule has 0 aliphatic carbocycles. The van der Waals surface area contributed by atoms with Crippen LogP contribution in [0.1, 0.15) is 6.92 Å². The first-order valence-electron chi connectivity index (χ1n) is 5.87. The second kappa shape index (κ2) is 5.38. The lowest BCUT2D eigenvalue weighted by Crippen LogP contribution is -2.44. The van der Waals surface area contributed by atoms with E-state index in [1.807, 2.05) is 41.6 Å². The van der Waals surface area contributed by atoms with E-state index in [0.29, 0.717) is 6.61 Å². The second-order valence-electron chi connectivity index (χ2n) is 5.04.